The molecule has 1 aliphatic rings. The first-order valence-corrected chi connectivity index (χ1v) is 6.19. The Morgan fingerprint density at radius 2 is 1.88 bits per heavy atom. The van der Waals surface area contributed by atoms with Crippen LogP contribution >= 0.6 is 0 Å². The maximum absolute atomic E-state index is 9.08. The summed E-state index contributed by atoms with van der Waals surface area (Å²) in [6, 6.07) is 0.136. The monoisotopic (exact) mass is 231 g/mol. The Hall–Kier alpha value is -0.160. The highest BCUT2D eigenvalue weighted by molar-refractivity contribution is 5.07. The molecule has 2 unspecified atom stereocenters. The maximum Gasteiger partial charge on any atom is 0.0657 e. The maximum atomic E-state index is 9.08. The standard InChI is InChI=1S/C12H25NO3/c1-4-12(5-2)10(6-11(12)16-3)13-9(7-14)8-15/h9-11,13-15H,4-8H2,1-3H3. The van der Waals surface area contributed by atoms with Gasteiger partial charge in [-0.05, 0) is 19.3 Å². The SMILES string of the molecule is CCC1(CC)C(NC(CO)CO)CC1OC. The summed E-state index contributed by atoms with van der Waals surface area (Å²) in [6.07, 6.45) is 3.39. The minimum atomic E-state index is -0.208. The Labute approximate surface area is 98.0 Å². The van der Waals surface area contributed by atoms with E-state index in [1.807, 2.05) is 0 Å². The molecule has 16 heavy (non-hydrogen) atoms. The molecular weight excluding hydrogens is 206 g/mol. The van der Waals surface area contributed by atoms with Gasteiger partial charge in [0.2, 0.25) is 0 Å². The van der Waals surface area contributed by atoms with E-state index in [9.17, 15) is 0 Å². The van der Waals surface area contributed by atoms with E-state index in [2.05, 4.69) is 19.2 Å². The van der Waals surface area contributed by atoms with Crippen molar-refractivity contribution in [2.45, 2.75) is 51.3 Å². The Bertz CT molecular complexity index is 202. The van der Waals surface area contributed by atoms with Crippen molar-refractivity contribution in [2.24, 2.45) is 5.41 Å². The fourth-order valence-corrected chi connectivity index (χ4v) is 2.96. The van der Waals surface area contributed by atoms with Crippen LogP contribution in [0.2, 0.25) is 0 Å². The molecule has 1 fully saturated rings. The molecule has 0 spiro atoms. The van der Waals surface area contributed by atoms with E-state index >= 15 is 0 Å². The minimum Gasteiger partial charge on any atom is -0.395 e. The van der Waals surface area contributed by atoms with Crippen molar-refractivity contribution in [3.8, 4) is 0 Å². The second kappa shape index (κ2) is 5.96. The molecular formula is C12H25NO3. The highest BCUT2D eigenvalue weighted by atomic mass is 16.5. The third-order valence-corrected chi connectivity index (χ3v) is 4.26. The number of hydrogen-bond acceptors (Lipinski definition) is 4. The van der Waals surface area contributed by atoms with Crippen molar-refractivity contribution in [1.82, 2.24) is 5.32 Å². The highest BCUT2D eigenvalue weighted by Gasteiger charge is 2.53. The van der Waals surface area contributed by atoms with Gasteiger partial charge in [0.1, 0.15) is 0 Å². The van der Waals surface area contributed by atoms with Gasteiger partial charge in [-0.15, -0.1) is 0 Å². The fourth-order valence-electron chi connectivity index (χ4n) is 2.96. The van der Waals surface area contributed by atoms with E-state index in [0.29, 0.717) is 12.1 Å². The average molecular weight is 231 g/mol. The molecule has 0 saturated heterocycles. The lowest BCUT2D eigenvalue weighted by Crippen LogP contribution is -2.65. The van der Waals surface area contributed by atoms with Crippen LogP contribution in [-0.4, -0.2) is 48.7 Å². The quantitative estimate of drug-likeness (QED) is 0.598. The Morgan fingerprint density at radius 3 is 2.25 bits per heavy atom. The molecule has 3 N–H and O–H groups in total. The van der Waals surface area contributed by atoms with Crippen LogP contribution in [0.4, 0.5) is 0 Å². The van der Waals surface area contributed by atoms with Crippen molar-refractivity contribution < 1.29 is 14.9 Å². The van der Waals surface area contributed by atoms with Crippen LogP contribution in [0.3, 0.4) is 0 Å². The highest BCUT2D eigenvalue weighted by Crippen LogP contribution is 2.48. The molecule has 0 aliphatic heterocycles. The second-order valence-corrected chi connectivity index (χ2v) is 4.68. The number of rotatable bonds is 7. The Kier molecular flexibility index (Phi) is 5.18. The molecule has 96 valence electrons. The minimum absolute atomic E-state index is 0.0197. The first-order chi connectivity index (χ1) is 7.68. The van der Waals surface area contributed by atoms with Gasteiger partial charge in [-0.25, -0.2) is 0 Å². The molecule has 0 heterocycles. The normalized spacial score (nSPS) is 28.1. The number of hydrogen-bond donors (Lipinski definition) is 3. The smallest absolute Gasteiger partial charge is 0.0657 e. The molecule has 1 rings (SSSR count). The van der Waals surface area contributed by atoms with Crippen molar-refractivity contribution in [3.63, 3.8) is 0 Å². The van der Waals surface area contributed by atoms with Gasteiger partial charge < -0.3 is 20.3 Å². The summed E-state index contributed by atoms with van der Waals surface area (Å²) in [5.41, 5.74) is 0.164. The van der Waals surface area contributed by atoms with Crippen LogP contribution in [0.25, 0.3) is 0 Å². The number of ether oxygens (including phenoxy) is 1. The lowest BCUT2D eigenvalue weighted by atomic mass is 9.58. The molecule has 0 aromatic carbocycles. The van der Waals surface area contributed by atoms with Gasteiger partial charge in [0.15, 0.2) is 0 Å². The second-order valence-electron chi connectivity index (χ2n) is 4.68. The van der Waals surface area contributed by atoms with E-state index in [4.69, 9.17) is 14.9 Å². The summed E-state index contributed by atoms with van der Waals surface area (Å²) in [5.74, 6) is 0. The topological polar surface area (TPSA) is 61.7 Å². The predicted molar refractivity (Wildman–Crippen MR) is 63.3 cm³/mol. The van der Waals surface area contributed by atoms with E-state index in [1.165, 1.54) is 0 Å². The van der Waals surface area contributed by atoms with Crippen LogP contribution in [0.15, 0.2) is 0 Å². The van der Waals surface area contributed by atoms with Crippen molar-refractivity contribution in [2.75, 3.05) is 20.3 Å². The van der Waals surface area contributed by atoms with Crippen LogP contribution in [0.5, 0.6) is 0 Å². The molecule has 4 nitrogen and oxygen atoms in total. The molecule has 4 heteroatoms. The van der Waals surface area contributed by atoms with Crippen molar-refractivity contribution in [3.05, 3.63) is 0 Å². The van der Waals surface area contributed by atoms with Crippen LogP contribution < -0.4 is 5.32 Å². The zero-order valence-electron chi connectivity index (χ0n) is 10.6. The summed E-state index contributed by atoms with van der Waals surface area (Å²) >= 11 is 0. The van der Waals surface area contributed by atoms with Gasteiger partial charge in [-0.1, -0.05) is 13.8 Å². The third-order valence-electron chi connectivity index (χ3n) is 4.26. The zero-order valence-corrected chi connectivity index (χ0v) is 10.6. The summed E-state index contributed by atoms with van der Waals surface area (Å²) in [5, 5.41) is 21.5. The lowest BCUT2D eigenvalue weighted by Gasteiger charge is -2.56. The molecule has 1 aliphatic carbocycles. The molecule has 0 radical (unpaired) electrons. The van der Waals surface area contributed by atoms with E-state index in [-0.39, 0.29) is 24.7 Å². The molecule has 0 aromatic heterocycles. The molecule has 0 amide bonds. The predicted octanol–water partition coefficient (Wildman–Crippen LogP) is 0.523. The van der Waals surface area contributed by atoms with Gasteiger partial charge in [-0.3, -0.25) is 0 Å². The molecule has 2 atom stereocenters. The first kappa shape index (κ1) is 13.9. The van der Waals surface area contributed by atoms with Gasteiger partial charge >= 0.3 is 0 Å². The van der Waals surface area contributed by atoms with E-state index in [1.54, 1.807) is 7.11 Å². The summed E-state index contributed by atoms with van der Waals surface area (Å²) < 4.78 is 5.50. The molecule has 1 saturated carbocycles. The number of aliphatic hydroxyl groups excluding tert-OH is 2. The van der Waals surface area contributed by atoms with Crippen LogP contribution in [0, 0.1) is 5.41 Å². The third kappa shape index (κ3) is 2.25. The van der Waals surface area contributed by atoms with Gasteiger partial charge in [0.05, 0.1) is 25.4 Å². The number of methoxy groups -OCH3 is 1. The summed E-state index contributed by atoms with van der Waals surface area (Å²) in [7, 11) is 1.76. The number of nitrogens with one attached hydrogen (secondary N) is 1. The fraction of sp³-hybridized carbons (Fsp3) is 1.00. The van der Waals surface area contributed by atoms with Crippen molar-refractivity contribution in [1.29, 1.82) is 0 Å². The van der Waals surface area contributed by atoms with E-state index in [0.717, 1.165) is 19.3 Å². The van der Waals surface area contributed by atoms with Gasteiger partial charge in [0.25, 0.3) is 0 Å². The van der Waals surface area contributed by atoms with Crippen molar-refractivity contribution >= 4 is 0 Å². The van der Waals surface area contributed by atoms with Crippen LogP contribution in [-0.2, 0) is 4.74 Å². The van der Waals surface area contributed by atoms with Crippen LogP contribution in [0.1, 0.15) is 33.1 Å². The van der Waals surface area contributed by atoms with Gasteiger partial charge in [0, 0.05) is 18.6 Å². The Morgan fingerprint density at radius 1 is 1.31 bits per heavy atom. The largest absolute Gasteiger partial charge is 0.395 e. The summed E-state index contributed by atoms with van der Waals surface area (Å²) in [4.78, 5) is 0. The zero-order chi connectivity index (χ0) is 12.2. The summed E-state index contributed by atoms with van der Waals surface area (Å²) in [6.45, 7) is 4.31. The van der Waals surface area contributed by atoms with Gasteiger partial charge in [-0.2, -0.15) is 0 Å². The first-order valence-electron chi connectivity index (χ1n) is 6.19. The Balaban J connectivity index is 2.61. The lowest BCUT2D eigenvalue weighted by molar-refractivity contribution is -0.128. The van der Waals surface area contributed by atoms with E-state index < -0.39 is 0 Å². The molecule has 0 aromatic rings. The molecule has 0 bridgehead atoms. The average Bonchev–Trinajstić information content (AvgIpc) is 2.30. The number of aliphatic hydroxyl groups is 2.